The third-order valence-electron chi connectivity index (χ3n) is 3.69. The van der Waals surface area contributed by atoms with Crippen LogP contribution in [0.15, 0.2) is 11.4 Å². The van der Waals surface area contributed by atoms with Gasteiger partial charge in [0.1, 0.15) is 5.82 Å². The van der Waals surface area contributed by atoms with Gasteiger partial charge in [-0.3, -0.25) is 9.89 Å². The van der Waals surface area contributed by atoms with E-state index in [1.807, 2.05) is 16.9 Å². The predicted octanol–water partition coefficient (Wildman–Crippen LogP) is 2.87. The van der Waals surface area contributed by atoms with Gasteiger partial charge in [0.2, 0.25) is 0 Å². The molecule has 1 amide bonds. The fourth-order valence-electron chi connectivity index (χ4n) is 2.43. The van der Waals surface area contributed by atoms with Crippen LogP contribution in [0, 0.1) is 4.77 Å². The van der Waals surface area contributed by atoms with Gasteiger partial charge in [0.05, 0.1) is 4.88 Å². The molecule has 1 fully saturated rings. The molecule has 21 heavy (non-hydrogen) atoms. The zero-order chi connectivity index (χ0) is 14.8. The SMILES string of the molecule is CCc1n[nH]c(=S)n1CCNC(=O)c1sccc1C1CC1. The molecule has 0 aromatic carbocycles. The second-order valence-electron chi connectivity index (χ2n) is 5.19. The highest BCUT2D eigenvalue weighted by molar-refractivity contribution is 7.71. The lowest BCUT2D eigenvalue weighted by atomic mass is 10.1. The smallest absolute Gasteiger partial charge is 0.261 e. The van der Waals surface area contributed by atoms with Crippen LogP contribution in [0.5, 0.6) is 0 Å². The Morgan fingerprint density at radius 2 is 2.43 bits per heavy atom. The number of nitrogens with one attached hydrogen (secondary N) is 2. The highest BCUT2D eigenvalue weighted by Gasteiger charge is 2.28. The van der Waals surface area contributed by atoms with Crippen LogP contribution in [-0.2, 0) is 13.0 Å². The number of aromatic amines is 1. The van der Waals surface area contributed by atoms with Crippen LogP contribution >= 0.6 is 23.6 Å². The van der Waals surface area contributed by atoms with Crippen molar-refractivity contribution in [2.75, 3.05) is 6.54 Å². The molecule has 1 saturated carbocycles. The van der Waals surface area contributed by atoms with E-state index in [2.05, 4.69) is 21.6 Å². The van der Waals surface area contributed by atoms with E-state index >= 15 is 0 Å². The normalized spacial score (nSPS) is 14.3. The maximum absolute atomic E-state index is 12.3. The summed E-state index contributed by atoms with van der Waals surface area (Å²) in [7, 11) is 0. The predicted molar refractivity (Wildman–Crippen MR) is 85.4 cm³/mol. The second kappa shape index (κ2) is 6.11. The number of aryl methyl sites for hydroxylation is 1. The molecule has 3 rings (SSSR count). The molecule has 0 radical (unpaired) electrons. The first-order valence-corrected chi connectivity index (χ1v) is 8.49. The summed E-state index contributed by atoms with van der Waals surface area (Å²) in [4.78, 5) is 13.1. The summed E-state index contributed by atoms with van der Waals surface area (Å²) in [5.74, 6) is 1.55. The molecule has 0 saturated heterocycles. The maximum Gasteiger partial charge on any atom is 0.261 e. The number of rotatable bonds is 6. The lowest BCUT2D eigenvalue weighted by Crippen LogP contribution is -2.27. The van der Waals surface area contributed by atoms with Crippen molar-refractivity contribution in [2.24, 2.45) is 0 Å². The Labute approximate surface area is 132 Å². The summed E-state index contributed by atoms with van der Waals surface area (Å²) >= 11 is 6.72. The lowest BCUT2D eigenvalue weighted by Gasteiger charge is -2.08. The van der Waals surface area contributed by atoms with E-state index in [0.717, 1.165) is 17.1 Å². The van der Waals surface area contributed by atoms with Gasteiger partial charge in [0.25, 0.3) is 5.91 Å². The zero-order valence-electron chi connectivity index (χ0n) is 11.9. The van der Waals surface area contributed by atoms with Crippen LogP contribution in [0.1, 0.15) is 46.7 Å². The van der Waals surface area contributed by atoms with Crippen molar-refractivity contribution in [3.8, 4) is 0 Å². The molecule has 2 aromatic heterocycles. The third kappa shape index (κ3) is 3.08. The summed E-state index contributed by atoms with van der Waals surface area (Å²) in [5, 5.41) is 11.9. The van der Waals surface area contributed by atoms with Crippen molar-refractivity contribution in [1.82, 2.24) is 20.1 Å². The van der Waals surface area contributed by atoms with Crippen molar-refractivity contribution < 1.29 is 4.79 Å². The van der Waals surface area contributed by atoms with Crippen molar-refractivity contribution in [2.45, 2.75) is 38.6 Å². The van der Waals surface area contributed by atoms with Gasteiger partial charge in [-0.25, -0.2) is 0 Å². The number of carbonyl (C=O) groups is 1. The Bertz CT molecular complexity index is 696. The monoisotopic (exact) mass is 322 g/mol. The molecule has 2 aromatic rings. The molecule has 0 aliphatic heterocycles. The van der Waals surface area contributed by atoms with Crippen molar-refractivity contribution in [3.63, 3.8) is 0 Å². The Hall–Kier alpha value is -1.47. The van der Waals surface area contributed by atoms with Gasteiger partial charge in [-0.2, -0.15) is 5.10 Å². The van der Waals surface area contributed by atoms with Gasteiger partial charge in [-0.05, 0) is 48.0 Å². The molecule has 1 aliphatic carbocycles. The number of hydrogen-bond donors (Lipinski definition) is 2. The molecule has 1 aliphatic rings. The van der Waals surface area contributed by atoms with E-state index in [-0.39, 0.29) is 5.91 Å². The summed E-state index contributed by atoms with van der Waals surface area (Å²) < 4.78 is 2.54. The first kappa shape index (κ1) is 14.5. The average Bonchev–Trinajstić information content (AvgIpc) is 3.10. The number of hydrogen-bond acceptors (Lipinski definition) is 4. The van der Waals surface area contributed by atoms with Crippen LogP contribution < -0.4 is 5.32 Å². The minimum Gasteiger partial charge on any atom is -0.350 e. The molecule has 2 heterocycles. The highest BCUT2D eigenvalue weighted by Crippen LogP contribution is 2.43. The largest absolute Gasteiger partial charge is 0.350 e. The quantitative estimate of drug-likeness (QED) is 0.804. The first-order valence-electron chi connectivity index (χ1n) is 7.20. The second-order valence-corrected chi connectivity index (χ2v) is 6.49. The Morgan fingerprint density at radius 1 is 1.62 bits per heavy atom. The number of thiophene rings is 1. The number of aromatic nitrogens is 3. The molecule has 7 heteroatoms. The van der Waals surface area contributed by atoms with E-state index in [1.54, 1.807) is 0 Å². The average molecular weight is 322 g/mol. The standard InChI is InChI=1S/C14H18N4OS2/c1-2-11-16-17-14(20)18(11)7-6-15-13(19)12-10(5-8-21-12)9-3-4-9/h5,8-9H,2-4,6-7H2,1H3,(H,15,19)(H,17,20). The molecule has 0 atom stereocenters. The molecule has 0 bridgehead atoms. The first-order chi connectivity index (χ1) is 10.2. The molecule has 0 spiro atoms. The Balaban J connectivity index is 1.60. The van der Waals surface area contributed by atoms with Crippen molar-refractivity contribution >= 4 is 29.5 Å². The van der Waals surface area contributed by atoms with E-state index in [1.165, 1.54) is 29.7 Å². The highest BCUT2D eigenvalue weighted by atomic mass is 32.1. The zero-order valence-corrected chi connectivity index (χ0v) is 13.5. The molecule has 2 N–H and O–H groups in total. The van der Waals surface area contributed by atoms with Gasteiger partial charge in [0, 0.05) is 19.5 Å². The van der Waals surface area contributed by atoms with E-state index in [4.69, 9.17) is 12.2 Å². The topological polar surface area (TPSA) is 62.7 Å². The molecule has 112 valence electrons. The molecule has 0 unspecified atom stereocenters. The van der Waals surface area contributed by atoms with Crippen LogP contribution in [0.2, 0.25) is 0 Å². The van der Waals surface area contributed by atoms with Crippen LogP contribution in [0.4, 0.5) is 0 Å². The minimum atomic E-state index is 0.0277. The fraction of sp³-hybridized carbons (Fsp3) is 0.500. The van der Waals surface area contributed by atoms with Gasteiger partial charge in [-0.1, -0.05) is 6.92 Å². The maximum atomic E-state index is 12.3. The number of amides is 1. The summed E-state index contributed by atoms with van der Waals surface area (Å²) in [6.07, 6.45) is 3.24. The summed E-state index contributed by atoms with van der Waals surface area (Å²) in [6.45, 7) is 3.24. The van der Waals surface area contributed by atoms with Crippen molar-refractivity contribution in [1.29, 1.82) is 0 Å². The van der Waals surface area contributed by atoms with Gasteiger partial charge >= 0.3 is 0 Å². The number of H-pyrrole nitrogens is 1. The fourth-order valence-corrected chi connectivity index (χ4v) is 3.57. The van der Waals surface area contributed by atoms with Crippen molar-refractivity contribution in [3.05, 3.63) is 32.5 Å². The van der Waals surface area contributed by atoms with Crippen LogP contribution in [0.25, 0.3) is 0 Å². The van der Waals surface area contributed by atoms with Crippen LogP contribution in [-0.4, -0.2) is 27.2 Å². The summed E-state index contributed by atoms with van der Waals surface area (Å²) in [6, 6.07) is 2.08. The van der Waals surface area contributed by atoms with E-state index < -0.39 is 0 Å². The molecular weight excluding hydrogens is 304 g/mol. The summed E-state index contributed by atoms with van der Waals surface area (Å²) in [5.41, 5.74) is 1.21. The lowest BCUT2D eigenvalue weighted by molar-refractivity contribution is 0.0955. The Morgan fingerprint density at radius 3 is 3.14 bits per heavy atom. The number of nitrogens with zero attached hydrogens (tertiary/aromatic N) is 2. The van der Waals surface area contributed by atoms with E-state index in [9.17, 15) is 4.79 Å². The minimum absolute atomic E-state index is 0.0277. The van der Waals surface area contributed by atoms with Gasteiger partial charge < -0.3 is 9.88 Å². The molecular formula is C14H18N4OS2. The van der Waals surface area contributed by atoms with Crippen LogP contribution in [0.3, 0.4) is 0 Å². The van der Waals surface area contributed by atoms with Gasteiger partial charge in [0.15, 0.2) is 4.77 Å². The third-order valence-corrected chi connectivity index (χ3v) is 4.93. The van der Waals surface area contributed by atoms with E-state index in [0.29, 0.717) is 23.8 Å². The van der Waals surface area contributed by atoms with Gasteiger partial charge in [-0.15, -0.1) is 11.3 Å². The molecule has 5 nitrogen and oxygen atoms in total. The number of carbonyl (C=O) groups excluding carboxylic acids is 1. The Kier molecular flexibility index (Phi) is 4.21.